The number of amides is 2. The van der Waals surface area contributed by atoms with Crippen LogP contribution in [0.1, 0.15) is 12.0 Å². The van der Waals surface area contributed by atoms with Gasteiger partial charge < -0.3 is 10.1 Å². The van der Waals surface area contributed by atoms with E-state index in [9.17, 15) is 14.0 Å². The topological polar surface area (TPSA) is 79.8 Å². The van der Waals surface area contributed by atoms with Gasteiger partial charge in [-0.15, -0.1) is 0 Å². The summed E-state index contributed by atoms with van der Waals surface area (Å²) in [5.41, 5.74) is 2.02. The van der Waals surface area contributed by atoms with Gasteiger partial charge in [0.2, 0.25) is 0 Å². The van der Waals surface area contributed by atoms with Crippen LogP contribution in [0.3, 0.4) is 0 Å². The van der Waals surface area contributed by atoms with E-state index in [0.29, 0.717) is 19.6 Å². The monoisotopic (exact) mass is 315 g/mol. The number of nitrogens with one attached hydrogen (secondary N) is 2. The first kappa shape index (κ1) is 17.1. The highest BCUT2D eigenvalue weighted by molar-refractivity contribution is 6.35. The van der Waals surface area contributed by atoms with Gasteiger partial charge in [-0.05, 0) is 18.6 Å². The van der Waals surface area contributed by atoms with Gasteiger partial charge in [0.1, 0.15) is 5.82 Å². The molecule has 0 bridgehead atoms. The molecular formula is C13H15ClFN3O3. The summed E-state index contributed by atoms with van der Waals surface area (Å²) in [6.45, 7) is 0.786. The number of nitrogens with zero attached hydrogens (tertiary/aromatic N) is 1. The van der Waals surface area contributed by atoms with Crippen molar-refractivity contribution in [2.75, 3.05) is 20.3 Å². The lowest BCUT2D eigenvalue weighted by atomic mass is 10.2. The Bertz CT molecular complexity index is 517. The predicted molar refractivity (Wildman–Crippen MR) is 76.6 cm³/mol. The minimum atomic E-state index is -0.948. The van der Waals surface area contributed by atoms with Crippen LogP contribution >= 0.6 is 11.6 Å². The second-order valence-electron chi connectivity index (χ2n) is 3.94. The summed E-state index contributed by atoms with van der Waals surface area (Å²) in [6.07, 6.45) is 1.62. The van der Waals surface area contributed by atoms with E-state index in [4.69, 9.17) is 16.3 Å². The molecule has 0 atom stereocenters. The summed E-state index contributed by atoms with van der Waals surface area (Å²) in [6, 6.07) is 4.13. The normalized spacial score (nSPS) is 10.6. The van der Waals surface area contributed by atoms with E-state index in [-0.39, 0.29) is 10.6 Å². The molecule has 0 aliphatic rings. The molecule has 1 aromatic rings. The Labute approximate surface area is 126 Å². The maximum Gasteiger partial charge on any atom is 0.329 e. The first-order chi connectivity index (χ1) is 10.1. The van der Waals surface area contributed by atoms with Crippen molar-refractivity contribution in [2.24, 2.45) is 5.10 Å². The third kappa shape index (κ3) is 5.88. The molecule has 0 heterocycles. The fourth-order valence-electron chi connectivity index (χ4n) is 1.34. The fourth-order valence-corrected chi connectivity index (χ4v) is 1.55. The smallest absolute Gasteiger partial charge is 0.329 e. The number of carbonyl (C=O) groups is 2. The summed E-state index contributed by atoms with van der Waals surface area (Å²) in [5, 5.41) is 6.03. The van der Waals surface area contributed by atoms with E-state index >= 15 is 0 Å². The number of hydrogen-bond acceptors (Lipinski definition) is 4. The molecule has 1 rings (SSSR count). The van der Waals surface area contributed by atoms with Gasteiger partial charge in [0, 0.05) is 25.8 Å². The lowest BCUT2D eigenvalue weighted by Gasteiger charge is -2.03. The Morgan fingerprint density at radius 2 is 2.19 bits per heavy atom. The lowest BCUT2D eigenvalue weighted by Crippen LogP contribution is -2.38. The van der Waals surface area contributed by atoms with Crippen molar-refractivity contribution in [2.45, 2.75) is 6.42 Å². The second kappa shape index (κ2) is 9.04. The Morgan fingerprint density at radius 3 is 2.86 bits per heavy atom. The molecule has 114 valence electrons. The molecule has 0 aliphatic heterocycles. The molecule has 2 amide bonds. The zero-order valence-electron chi connectivity index (χ0n) is 11.4. The fraction of sp³-hybridized carbons (Fsp3) is 0.308. The van der Waals surface area contributed by atoms with E-state index in [2.05, 4.69) is 10.4 Å². The van der Waals surface area contributed by atoms with Crippen molar-refractivity contribution in [1.29, 1.82) is 0 Å². The number of benzene rings is 1. The first-order valence-electron chi connectivity index (χ1n) is 6.10. The molecule has 0 saturated heterocycles. The van der Waals surface area contributed by atoms with Crippen molar-refractivity contribution in [3.05, 3.63) is 34.6 Å². The lowest BCUT2D eigenvalue weighted by molar-refractivity contribution is -0.139. The van der Waals surface area contributed by atoms with Crippen molar-refractivity contribution in [1.82, 2.24) is 10.7 Å². The molecular weight excluding hydrogens is 301 g/mol. The summed E-state index contributed by atoms with van der Waals surface area (Å²) < 4.78 is 18.2. The Balaban J connectivity index is 2.45. The van der Waals surface area contributed by atoms with Gasteiger partial charge in [-0.25, -0.2) is 9.82 Å². The van der Waals surface area contributed by atoms with Gasteiger partial charge in [0.15, 0.2) is 0 Å². The minimum absolute atomic E-state index is 0.0277. The number of hydrogen-bond donors (Lipinski definition) is 2. The van der Waals surface area contributed by atoms with Crippen LogP contribution in [0.5, 0.6) is 0 Å². The summed E-state index contributed by atoms with van der Waals surface area (Å²) >= 11 is 5.77. The zero-order valence-corrected chi connectivity index (χ0v) is 12.1. The first-order valence-corrected chi connectivity index (χ1v) is 6.48. The van der Waals surface area contributed by atoms with Gasteiger partial charge in [-0.2, -0.15) is 5.10 Å². The molecule has 1 aromatic carbocycles. The number of halogens is 2. The molecule has 2 N–H and O–H groups in total. The molecule has 6 nitrogen and oxygen atoms in total. The molecule has 0 aromatic heterocycles. The molecule has 0 spiro atoms. The number of methoxy groups -OCH3 is 1. The van der Waals surface area contributed by atoms with Gasteiger partial charge in [0.25, 0.3) is 0 Å². The minimum Gasteiger partial charge on any atom is -0.385 e. The highest BCUT2D eigenvalue weighted by Gasteiger charge is 2.11. The third-order valence-electron chi connectivity index (χ3n) is 2.38. The van der Waals surface area contributed by atoms with Crippen LogP contribution in [0.4, 0.5) is 4.39 Å². The maximum absolute atomic E-state index is 13.4. The van der Waals surface area contributed by atoms with Crippen molar-refractivity contribution in [3.63, 3.8) is 0 Å². The van der Waals surface area contributed by atoms with E-state index in [1.54, 1.807) is 0 Å². The Morgan fingerprint density at radius 1 is 1.43 bits per heavy atom. The van der Waals surface area contributed by atoms with Crippen LogP contribution in [0, 0.1) is 5.82 Å². The molecule has 0 saturated carbocycles. The van der Waals surface area contributed by atoms with Gasteiger partial charge in [0.05, 0.1) is 11.2 Å². The van der Waals surface area contributed by atoms with Crippen LogP contribution in [0.15, 0.2) is 23.3 Å². The van der Waals surface area contributed by atoms with E-state index in [1.807, 2.05) is 5.43 Å². The second-order valence-corrected chi connectivity index (χ2v) is 4.34. The molecule has 0 aliphatic carbocycles. The predicted octanol–water partition coefficient (Wildman–Crippen LogP) is 1.08. The van der Waals surface area contributed by atoms with Crippen LogP contribution < -0.4 is 10.7 Å². The zero-order chi connectivity index (χ0) is 15.7. The molecule has 0 unspecified atom stereocenters. The van der Waals surface area contributed by atoms with Crippen LogP contribution in [-0.4, -0.2) is 38.3 Å². The standard InChI is InChI=1S/C13H15ClFN3O3/c1-21-7-3-6-16-12(19)13(20)18-17-8-9-10(14)4-2-5-11(9)15/h2,4-5,8H,3,6-7H2,1H3,(H,16,19)(H,18,20)/b17-8+. The van der Waals surface area contributed by atoms with Crippen molar-refractivity contribution < 1.29 is 18.7 Å². The molecule has 0 fully saturated rings. The Hall–Kier alpha value is -1.99. The average Bonchev–Trinajstić information content (AvgIpc) is 2.46. The average molecular weight is 316 g/mol. The Kier molecular flexibility index (Phi) is 7.34. The summed E-state index contributed by atoms with van der Waals surface area (Å²) in [7, 11) is 1.54. The largest absolute Gasteiger partial charge is 0.385 e. The number of rotatable bonds is 6. The van der Waals surface area contributed by atoms with Gasteiger partial charge in [-0.3, -0.25) is 9.59 Å². The molecule has 8 heteroatoms. The summed E-state index contributed by atoms with van der Waals surface area (Å²) in [4.78, 5) is 22.7. The van der Waals surface area contributed by atoms with Crippen molar-refractivity contribution in [3.8, 4) is 0 Å². The highest BCUT2D eigenvalue weighted by atomic mass is 35.5. The SMILES string of the molecule is COCCCNC(=O)C(=O)N/N=C/c1c(F)cccc1Cl. The van der Waals surface area contributed by atoms with E-state index < -0.39 is 17.6 Å². The maximum atomic E-state index is 13.4. The van der Waals surface area contributed by atoms with Crippen LogP contribution in [0.25, 0.3) is 0 Å². The third-order valence-corrected chi connectivity index (χ3v) is 2.71. The summed E-state index contributed by atoms with van der Waals surface area (Å²) in [5.74, 6) is -2.36. The number of hydrazone groups is 1. The van der Waals surface area contributed by atoms with Crippen molar-refractivity contribution >= 4 is 29.6 Å². The van der Waals surface area contributed by atoms with Crippen LogP contribution in [-0.2, 0) is 14.3 Å². The molecule has 21 heavy (non-hydrogen) atoms. The van der Waals surface area contributed by atoms with E-state index in [1.165, 1.54) is 25.3 Å². The molecule has 0 radical (unpaired) electrons. The van der Waals surface area contributed by atoms with Crippen LogP contribution in [0.2, 0.25) is 5.02 Å². The number of carbonyl (C=O) groups excluding carboxylic acids is 2. The highest BCUT2D eigenvalue weighted by Crippen LogP contribution is 2.16. The quantitative estimate of drug-likeness (QED) is 0.357. The number of ether oxygens (including phenoxy) is 1. The van der Waals surface area contributed by atoms with Gasteiger partial charge in [-0.1, -0.05) is 17.7 Å². The van der Waals surface area contributed by atoms with Gasteiger partial charge >= 0.3 is 11.8 Å². The van der Waals surface area contributed by atoms with E-state index in [0.717, 1.165) is 6.21 Å².